The normalized spacial score (nSPS) is 12.3. The summed E-state index contributed by atoms with van der Waals surface area (Å²) in [5, 5.41) is 3.09. The Morgan fingerprint density at radius 1 is 0.635 bits per heavy atom. The van der Waals surface area contributed by atoms with Gasteiger partial charge in [0, 0.05) is 18.8 Å². The molecule has 0 saturated heterocycles. The maximum Gasteiger partial charge on any atom is 0.220 e. The largest absolute Gasteiger partial charge is 0.350 e. The molecule has 2 atom stereocenters. The molecular weight excluding hydrogens is 635 g/mol. The van der Waals surface area contributed by atoms with Crippen LogP contribution in [0.1, 0.15) is 120 Å². The third kappa shape index (κ3) is 14.7. The van der Waals surface area contributed by atoms with E-state index < -0.39 is 0 Å². The zero-order chi connectivity index (χ0) is 36.5. The Morgan fingerprint density at radius 2 is 1.17 bits per heavy atom. The molecule has 0 spiro atoms. The van der Waals surface area contributed by atoms with E-state index in [1.807, 2.05) is 56.0 Å². The SMILES string of the molecule is CCCCC/C=C\C/C=C\CCCCCCCC(=O)NC(C)c1ccccc1.c1ccc(-c2ccc(C(c3ccccc3)n3ccnc3)cc2)cc1. The molecule has 1 N–H and O–H groups in total. The molecule has 0 fully saturated rings. The Kier molecular flexibility index (Phi) is 18.6. The molecule has 1 heterocycles. The summed E-state index contributed by atoms with van der Waals surface area (Å²) in [5.74, 6) is 0.169. The zero-order valence-electron chi connectivity index (χ0n) is 31.5. The summed E-state index contributed by atoms with van der Waals surface area (Å²) in [7, 11) is 0. The van der Waals surface area contributed by atoms with Gasteiger partial charge in [-0.1, -0.05) is 179 Å². The van der Waals surface area contributed by atoms with Crippen molar-refractivity contribution in [2.24, 2.45) is 0 Å². The Morgan fingerprint density at radius 3 is 1.79 bits per heavy atom. The quantitative estimate of drug-likeness (QED) is 0.0651. The van der Waals surface area contributed by atoms with Crippen molar-refractivity contribution in [2.75, 3.05) is 0 Å². The van der Waals surface area contributed by atoms with E-state index in [1.165, 1.54) is 73.6 Å². The van der Waals surface area contributed by atoms with E-state index in [9.17, 15) is 4.79 Å². The third-order valence-corrected chi connectivity index (χ3v) is 9.30. The average molecular weight is 694 g/mol. The molecule has 272 valence electrons. The van der Waals surface area contributed by atoms with Crippen LogP contribution in [0.5, 0.6) is 0 Å². The van der Waals surface area contributed by atoms with Gasteiger partial charge in [-0.3, -0.25) is 4.79 Å². The van der Waals surface area contributed by atoms with Crippen LogP contribution >= 0.6 is 0 Å². The van der Waals surface area contributed by atoms with Gasteiger partial charge in [0.1, 0.15) is 0 Å². The van der Waals surface area contributed by atoms with Crippen molar-refractivity contribution in [2.45, 2.75) is 103 Å². The minimum Gasteiger partial charge on any atom is -0.350 e. The van der Waals surface area contributed by atoms with Crippen LogP contribution < -0.4 is 5.32 Å². The van der Waals surface area contributed by atoms with Crippen LogP contribution in [-0.2, 0) is 4.79 Å². The first kappa shape index (κ1) is 39.8. The van der Waals surface area contributed by atoms with Gasteiger partial charge in [-0.05, 0) is 73.3 Å². The fraction of sp³-hybridized carbons (Fsp3) is 0.333. The number of hydrogen-bond donors (Lipinski definition) is 1. The fourth-order valence-corrected chi connectivity index (χ4v) is 6.32. The van der Waals surface area contributed by atoms with Crippen molar-refractivity contribution < 1.29 is 4.79 Å². The van der Waals surface area contributed by atoms with Crippen molar-refractivity contribution in [1.29, 1.82) is 0 Å². The highest BCUT2D eigenvalue weighted by molar-refractivity contribution is 5.76. The van der Waals surface area contributed by atoms with E-state index in [0.717, 1.165) is 24.8 Å². The predicted molar refractivity (Wildman–Crippen MR) is 220 cm³/mol. The van der Waals surface area contributed by atoms with E-state index in [1.54, 1.807) is 0 Å². The van der Waals surface area contributed by atoms with Gasteiger partial charge in [0.15, 0.2) is 0 Å². The maximum atomic E-state index is 12.0. The summed E-state index contributed by atoms with van der Waals surface area (Å²) in [6.07, 6.45) is 28.9. The second kappa shape index (κ2) is 24.3. The minimum atomic E-state index is 0.0895. The van der Waals surface area contributed by atoms with Crippen LogP contribution in [0.4, 0.5) is 0 Å². The summed E-state index contributed by atoms with van der Waals surface area (Å²) >= 11 is 0. The van der Waals surface area contributed by atoms with Crippen LogP contribution in [0.3, 0.4) is 0 Å². The van der Waals surface area contributed by atoms with Crippen molar-refractivity contribution in [3.05, 3.63) is 175 Å². The molecule has 1 amide bonds. The highest BCUT2D eigenvalue weighted by Crippen LogP contribution is 2.29. The molecule has 4 aromatic carbocycles. The number of rotatable bonds is 20. The Hall–Kier alpha value is -4.96. The van der Waals surface area contributed by atoms with Crippen LogP contribution in [0.15, 0.2) is 158 Å². The summed E-state index contributed by atoms with van der Waals surface area (Å²) in [5.41, 5.74) is 6.14. The minimum absolute atomic E-state index is 0.0895. The standard InChI is InChI=1S/C26H41NO.C22H18N2/c1-3-4-5-6-7-8-9-10-11-12-13-14-15-16-20-23-26(28)27-24(2)25-21-18-17-19-22-25;1-3-7-18(8-4-1)19-11-13-21(14-12-19)22(24-16-15-23-17-24)20-9-5-2-6-10-20/h7-8,10-11,17-19,21-22,24H,3-6,9,12-16,20,23H2,1-2H3,(H,27,28);1-17,22H/b8-7-,11-10-;. The number of unbranched alkanes of at least 4 members (excludes halogenated alkanes) is 8. The molecule has 4 heteroatoms. The lowest BCUT2D eigenvalue weighted by atomic mass is 9.96. The van der Waals surface area contributed by atoms with E-state index >= 15 is 0 Å². The first-order valence-electron chi connectivity index (χ1n) is 19.5. The number of nitrogens with zero attached hydrogens (tertiary/aromatic N) is 2. The lowest BCUT2D eigenvalue weighted by Gasteiger charge is -2.20. The molecule has 0 saturated carbocycles. The monoisotopic (exact) mass is 693 g/mol. The average Bonchev–Trinajstić information content (AvgIpc) is 3.73. The van der Waals surface area contributed by atoms with Gasteiger partial charge in [-0.2, -0.15) is 0 Å². The Bertz CT molecular complexity index is 1680. The highest BCUT2D eigenvalue weighted by Gasteiger charge is 2.15. The second-order valence-electron chi connectivity index (χ2n) is 13.5. The van der Waals surface area contributed by atoms with Gasteiger partial charge in [0.05, 0.1) is 18.4 Å². The molecule has 2 unspecified atom stereocenters. The number of carbonyl (C=O) groups excluding carboxylic acids is 1. The van der Waals surface area contributed by atoms with E-state index in [4.69, 9.17) is 0 Å². The van der Waals surface area contributed by atoms with Gasteiger partial charge in [0.25, 0.3) is 0 Å². The first-order valence-corrected chi connectivity index (χ1v) is 19.5. The summed E-state index contributed by atoms with van der Waals surface area (Å²) in [6, 6.07) is 40.2. The second-order valence-corrected chi connectivity index (χ2v) is 13.5. The van der Waals surface area contributed by atoms with E-state index in [-0.39, 0.29) is 18.0 Å². The molecule has 5 aromatic rings. The molecule has 0 aliphatic heterocycles. The topological polar surface area (TPSA) is 46.9 Å². The number of aromatic nitrogens is 2. The number of nitrogens with one attached hydrogen (secondary N) is 1. The summed E-state index contributed by atoms with van der Waals surface area (Å²) < 4.78 is 2.15. The number of imidazole rings is 1. The van der Waals surface area contributed by atoms with Crippen molar-refractivity contribution in [3.63, 3.8) is 0 Å². The number of amides is 1. The number of allylic oxidation sites excluding steroid dienone is 4. The maximum absolute atomic E-state index is 12.0. The molecule has 0 aliphatic carbocycles. The zero-order valence-corrected chi connectivity index (χ0v) is 31.5. The smallest absolute Gasteiger partial charge is 0.220 e. The number of carbonyl (C=O) groups is 1. The Labute approximate surface area is 313 Å². The summed E-state index contributed by atoms with van der Waals surface area (Å²) in [6.45, 7) is 4.29. The van der Waals surface area contributed by atoms with Crippen LogP contribution in [0.25, 0.3) is 11.1 Å². The van der Waals surface area contributed by atoms with Crippen LogP contribution in [0, 0.1) is 0 Å². The van der Waals surface area contributed by atoms with Crippen LogP contribution in [-0.4, -0.2) is 15.5 Å². The lowest BCUT2D eigenvalue weighted by molar-refractivity contribution is -0.121. The molecule has 5 rings (SSSR count). The van der Waals surface area contributed by atoms with E-state index in [0.29, 0.717) is 6.42 Å². The van der Waals surface area contributed by atoms with Gasteiger partial charge in [0.2, 0.25) is 5.91 Å². The lowest BCUT2D eigenvalue weighted by Crippen LogP contribution is -2.26. The van der Waals surface area contributed by atoms with Crippen molar-refractivity contribution in [1.82, 2.24) is 14.9 Å². The molecule has 4 nitrogen and oxygen atoms in total. The molecule has 52 heavy (non-hydrogen) atoms. The fourth-order valence-electron chi connectivity index (χ4n) is 6.32. The van der Waals surface area contributed by atoms with Gasteiger partial charge < -0.3 is 9.88 Å². The summed E-state index contributed by atoms with van der Waals surface area (Å²) in [4.78, 5) is 16.3. The van der Waals surface area contributed by atoms with Crippen molar-refractivity contribution >= 4 is 5.91 Å². The number of hydrogen-bond acceptors (Lipinski definition) is 2. The molecule has 0 radical (unpaired) electrons. The molecule has 1 aromatic heterocycles. The molecule has 0 aliphatic rings. The molecule has 0 bridgehead atoms. The third-order valence-electron chi connectivity index (χ3n) is 9.30. The van der Waals surface area contributed by atoms with Gasteiger partial charge in [-0.15, -0.1) is 0 Å². The van der Waals surface area contributed by atoms with Gasteiger partial charge >= 0.3 is 0 Å². The van der Waals surface area contributed by atoms with Gasteiger partial charge in [-0.25, -0.2) is 4.98 Å². The predicted octanol–water partition coefficient (Wildman–Crippen LogP) is 12.9. The number of benzene rings is 4. The van der Waals surface area contributed by atoms with Crippen molar-refractivity contribution in [3.8, 4) is 11.1 Å². The van der Waals surface area contributed by atoms with Crippen LogP contribution in [0.2, 0.25) is 0 Å². The highest BCUT2D eigenvalue weighted by atomic mass is 16.1. The Balaban J connectivity index is 0.000000234. The first-order chi connectivity index (χ1) is 25.7. The van der Waals surface area contributed by atoms with E-state index in [2.05, 4.69) is 131 Å². The molecular formula is C48H59N3O.